The van der Waals surface area contributed by atoms with E-state index >= 15 is 0 Å². The van der Waals surface area contributed by atoms with Crippen molar-refractivity contribution in [3.63, 3.8) is 0 Å². The van der Waals surface area contributed by atoms with Crippen LogP contribution in [0.5, 0.6) is 0 Å². The molecule has 1 nitrogen and oxygen atoms in total. The first kappa shape index (κ1) is 12.9. The first-order chi connectivity index (χ1) is 9.77. The SMILES string of the molecule is Nc1ccccc1-c1ccccc1-c1ccccc1P. The van der Waals surface area contributed by atoms with Crippen LogP contribution in [-0.4, -0.2) is 0 Å². The second-order valence-electron chi connectivity index (χ2n) is 4.72. The summed E-state index contributed by atoms with van der Waals surface area (Å²) < 4.78 is 0. The third-order valence-electron chi connectivity index (χ3n) is 3.43. The highest BCUT2D eigenvalue weighted by Gasteiger charge is 2.10. The Bertz CT molecular complexity index is 685. The zero-order chi connectivity index (χ0) is 13.9. The predicted octanol–water partition coefficient (Wildman–Crippen LogP) is 4.10. The van der Waals surface area contributed by atoms with Gasteiger partial charge in [0.25, 0.3) is 0 Å². The molecule has 0 aliphatic rings. The summed E-state index contributed by atoms with van der Waals surface area (Å²) in [7, 11) is 2.80. The van der Waals surface area contributed by atoms with Crippen molar-refractivity contribution in [2.24, 2.45) is 0 Å². The first-order valence-electron chi connectivity index (χ1n) is 6.56. The Labute approximate surface area is 121 Å². The van der Waals surface area contributed by atoms with E-state index in [-0.39, 0.29) is 0 Å². The normalized spacial score (nSPS) is 10.4. The van der Waals surface area contributed by atoms with Crippen molar-refractivity contribution in [3.8, 4) is 22.3 Å². The maximum Gasteiger partial charge on any atom is 0.0393 e. The second kappa shape index (κ2) is 5.48. The topological polar surface area (TPSA) is 26.0 Å². The summed E-state index contributed by atoms with van der Waals surface area (Å²) in [6.07, 6.45) is 0. The van der Waals surface area contributed by atoms with Crippen LogP contribution in [0.1, 0.15) is 0 Å². The molecule has 3 rings (SSSR count). The molecule has 3 aromatic rings. The molecule has 0 fully saturated rings. The number of nitrogen functional groups attached to an aromatic ring is 1. The van der Waals surface area contributed by atoms with Gasteiger partial charge in [-0.3, -0.25) is 0 Å². The van der Waals surface area contributed by atoms with Gasteiger partial charge in [0.05, 0.1) is 0 Å². The fraction of sp³-hybridized carbons (Fsp3) is 0. The summed E-state index contributed by atoms with van der Waals surface area (Å²) in [6, 6.07) is 24.7. The molecule has 98 valence electrons. The molecule has 0 aromatic heterocycles. The molecular formula is C18H16NP. The molecule has 0 heterocycles. The number of hydrogen-bond donors (Lipinski definition) is 1. The van der Waals surface area contributed by atoms with Crippen molar-refractivity contribution in [3.05, 3.63) is 72.8 Å². The number of nitrogens with two attached hydrogens (primary N) is 1. The quantitative estimate of drug-likeness (QED) is 0.554. The van der Waals surface area contributed by atoms with E-state index in [1.807, 2.05) is 24.3 Å². The van der Waals surface area contributed by atoms with E-state index < -0.39 is 0 Å². The van der Waals surface area contributed by atoms with Gasteiger partial charge in [-0.1, -0.05) is 66.7 Å². The molecule has 1 unspecified atom stereocenters. The number of para-hydroxylation sites is 1. The molecule has 0 radical (unpaired) electrons. The van der Waals surface area contributed by atoms with Crippen LogP contribution >= 0.6 is 9.24 Å². The molecule has 0 saturated heterocycles. The average Bonchev–Trinajstić information content (AvgIpc) is 2.48. The third kappa shape index (κ3) is 2.33. The molecule has 3 aromatic carbocycles. The summed E-state index contributed by atoms with van der Waals surface area (Å²) in [6.45, 7) is 0. The summed E-state index contributed by atoms with van der Waals surface area (Å²) in [5.74, 6) is 0. The first-order valence-corrected chi connectivity index (χ1v) is 7.14. The number of hydrogen-bond acceptors (Lipinski definition) is 1. The van der Waals surface area contributed by atoms with Crippen molar-refractivity contribution in [2.45, 2.75) is 0 Å². The third-order valence-corrected chi connectivity index (χ3v) is 3.93. The predicted molar refractivity (Wildman–Crippen MR) is 91.1 cm³/mol. The van der Waals surface area contributed by atoms with Crippen LogP contribution in [0.15, 0.2) is 72.8 Å². The molecule has 0 amide bonds. The van der Waals surface area contributed by atoms with E-state index in [1.54, 1.807) is 0 Å². The molecule has 0 aliphatic heterocycles. The van der Waals surface area contributed by atoms with Gasteiger partial charge in [0.15, 0.2) is 0 Å². The fourth-order valence-electron chi connectivity index (χ4n) is 2.44. The Morgan fingerprint density at radius 1 is 0.550 bits per heavy atom. The minimum atomic E-state index is 0.807. The minimum absolute atomic E-state index is 0.807. The fourth-order valence-corrected chi connectivity index (χ4v) is 2.80. The zero-order valence-electron chi connectivity index (χ0n) is 11.1. The Balaban J connectivity index is 2.25. The minimum Gasteiger partial charge on any atom is -0.398 e. The highest BCUT2D eigenvalue weighted by molar-refractivity contribution is 7.28. The van der Waals surface area contributed by atoms with Gasteiger partial charge >= 0.3 is 0 Å². The van der Waals surface area contributed by atoms with Crippen LogP contribution in [-0.2, 0) is 0 Å². The van der Waals surface area contributed by atoms with E-state index in [4.69, 9.17) is 5.73 Å². The monoisotopic (exact) mass is 277 g/mol. The smallest absolute Gasteiger partial charge is 0.0393 e. The van der Waals surface area contributed by atoms with Crippen molar-refractivity contribution < 1.29 is 0 Å². The summed E-state index contributed by atoms with van der Waals surface area (Å²) in [5.41, 5.74) is 11.6. The molecule has 0 saturated carbocycles. The van der Waals surface area contributed by atoms with Gasteiger partial charge in [-0.2, -0.15) is 0 Å². The lowest BCUT2D eigenvalue weighted by Crippen LogP contribution is -1.98. The lowest BCUT2D eigenvalue weighted by molar-refractivity contribution is 1.59. The maximum atomic E-state index is 6.13. The van der Waals surface area contributed by atoms with Crippen molar-refractivity contribution >= 4 is 20.2 Å². The van der Waals surface area contributed by atoms with E-state index in [0.717, 1.165) is 11.3 Å². The molecular weight excluding hydrogens is 261 g/mol. The molecule has 0 spiro atoms. The van der Waals surface area contributed by atoms with Crippen molar-refractivity contribution in [1.82, 2.24) is 0 Å². The van der Waals surface area contributed by atoms with Gasteiger partial charge in [-0.05, 0) is 28.1 Å². The van der Waals surface area contributed by atoms with Gasteiger partial charge in [0, 0.05) is 11.3 Å². The lowest BCUT2D eigenvalue weighted by atomic mass is 9.94. The highest BCUT2D eigenvalue weighted by Crippen LogP contribution is 2.34. The van der Waals surface area contributed by atoms with Gasteiger partial charge in [0.2, 0.25) is 0 Å². The highest BCUT2D eigenvalue weighted by atomic mass is 31.0. The van der Waals surface area contributed by atoms with Crippen LogP contribution in [0.4, 0.5) is 5.69 Å². The molecule has 0 bridgehead atoms. The molecule has 0 aliphatic carbocycles. The summed E-state index contributed by atoms with van der Waals surface area (Å²) in [5, 5.41) is 1.19. The van der Waals surface area contributed by atoms with Crippen LogP contribution in [0, 0.1) is 0 Å². The van der Waals surface area contributed by atoms with Crippen LogP contribution in [0.25, 0.3) is 22.3 Å². The zero-order valence-corrected chi connectivity index (χ0v) is 12.2. The van der Waals surface area contributed by atoms with Crippen LogP contribution < -0.4 is 11.0 Å². The molecule has 2 heteroatoms. The lowest BCUT2D eigenvalue weighted by Gasteiger charge is -2.13. The van der Waals surface area contributed by atoms with Gasteiger partial charge in [-0.25, -0.2) is 0 Å². The van der Waals surface area contributed by atoms with E-state index in [0.29, 0.717) is 0 Å². The number of rotatable bonds is 2. The second-order valence-corrected chi connectivity index (χ2v) is 5.34. The van der Waals surface area contributed by atoms with Crippen molar-refractivity contribution in [2.75, 3.05) is 5.73 Å². The van der Waals surface area contributed by atoms with Crippen LogP contribution in [0.3, 0.4) is 0 Å². The Kier molecular flexibility index (Phi) is 3.54. The Morgan fingerprint density at radius 2 is 1.00 bits per heavy atom. The molecule has 2 N–H and O–H groups in total. The summed E-state index contributed by atoms with van der Waals surface area (Å²) in [4.78, 5) is 0. The van der Waals surface area contributed by atoms with E-state index in [2.05, 4.69) is 57.8 Å². The molecule has 1 atom stereocenters. The van der Waals surface area contributed by atoms with Gasteiger partial charge < -0.3 is 5.73 Å². The van der Waals surface area contributed by atoms with E-state index in [1.165, 1.54) is 22.0 Å². The Hall–Kier alpha value is -2.11. The Morgan fingerprint density at radius 3 is 1.60 bits per heavy atom. The maximum absolute atomic E-state index is 6.13. The standard InChI is InChI=1S/C18H16NP/c19-17-11-5-3-9-15(17)13-7-1-2-8-14(13)16-10-4-6-12-18(16)20/h1-12H,19-20H2. The van der Waals surface area contributed by atoms with Gasteiger partial charge in [0.1, 0.15) is 0 Å². The molecule has 20 heavy (non-hydrogen) atoms. The van der Waals surface area contributed by atoms with Gasteiger partial charge in [-0.15, -0.1) is 9.24 Å². The van der Waals surface area contributed by atoms with Crippen LogP contribution in [0.2, 0.25) is 0 Å². The average molecular weight is 277 g/mol. The largest absolute Gasteiger partial charge is 0.398 e. The van der Waals surface area contributed by atoms with E-state index in [9.17, 15) is 0 Å². The number of benzene rings is 3. The summed E-state index contributed by atoms with van der Waals surface area (Å²) >= 11 is 0. The number of anilines is 1. The van der Waals surface area contributed by atoms with Crippen molar-refractivity contribution in [1.29, 1.82) is 0 Å².